The zero-order valence-corrected chi connectivity index (χ0v) is 18.2. The summed E-state index contributed by atoms with van der Waals surface area (Å²) in [4.78, 5) is 32.0. The molecular formula is C22H24N4O2S2. The number of likely N-dealkylation sites (tertiary alicyclic amines) is 1. The summed E-state index contributed by atoms with van der Waals surface area (Å²) in [5.74, 6) is -0.252. The van der Waals surface area contributed by atoms with Crippen LogP contribution in [-0.2, 0) is 24.3 Å². The maximum Gasteiger partial charge on any atom is 0.267 e. The molecule has 1 saturated heterocycles. The average molecular weight is 441 g/mol. The van der Waals surface area contributed by atoms with Gasteiger partial charge in [-0.2, -0.15) is 0 Å². The van der Waals surface area contributed by atoms with E-state index in [4.69, 9.17) is 0 Å². The van der Waals surface area contributed by atoms with Gasteiger partial charge in [0.2, 0.25) is 5.91 Å². The van der Waals surface area contributed by atoms with Gasteiger partial charge in [-0.1, -0.05) is 30.3 Å². The topological polar surface area (TPSA) is 74.3 Å². The highest BCUT2D eigenvalue weighted by Gasteiger charge is 2.15. The Morgan fingerprint density at radius 3 is 2.60 bits per heavy atom. The summed E-state index contributed by atoms with van der Waals surface area (Å²) in [6.07, 6.45) is 2.73. The van der Waals surface area contributed by atoms with E-state index in [1.807, 2.05) is 22.9 Å². The number of thiophene rings is 1. The van der Waals surface area contributed by atoms with Crippen molar-refractivity contribution in [2.45, 2.75) is 32.4 Å². The Morgan fingerprint density at radius 2 is 1.83 bits per heavy atom. The van der Waals surface area contributed by atoms with Gasteiger partial charge in [0.15, 0.2) is 5.13 Å². The maximum atomic E-state index is 12.4. The molecule has 0 spiro atoms. The highest BCUT2D eigenvalue weighted by molar-refractivity contribution is 7.14. The maximum absolute atomic E-state index is 12.4. The summed E-state index contributed by atoms with van der Waals surface area (Å²) >= 11 is 2.71. The van der Waals surface area contributed by atoms with Crippen LogP contribution in [0.2, 0.25) is 0 Å². The highest BCUT2D eigenvalue weighted by atomic mass is 32.1. The van der Waals surface area contributed by atoms with Gasteiger partial charge < -0.3 is 5.32 Å². The molecule has 0 atom stereocenters. The number of thiazole rings is 1. The fraction of sp³-hybridized carbons (Fsp3) is 0.318. The molecule has 8 heteroatoms. The number of hydrogen-bond acceptors (Lipinski definition) is 6. The molecule has 6 nitrogen and oxygen atoms in total. The van der Waals surface area contributed by atoms with E-state index in [9.17, 15) is 9.59 Å². The first-order valence-corrected chi connectivity index (χ1v) is 11.8. The van der Waals surface area contributed by atoms with Crippen LogP contribution in [-0.4, -0.2) is 34.8 Å². The van der Waals surface area contributed by atoms with Crippen molar-refractivity contribution < 1.29 is 9.59 Å². The third kappa shape index (κ3) is 5.53. The first kappa shape index (κ1) is 20.7. The Labute approximate surface area is 184 Å². The van der Waals surface area contributed by atoms with Crippen LogP contribution in [0.3, 0.4) is 0 Å². The molecule has 2 aromatic heterocycles. The Morgan fingerprint density at radius 1 is 1.03 bits per heavy atom. The van der Waals surface area contributed by atoms with E-state index < -0.39 is 0 Å². The summed E-state index contributed by atoms with van der Waals surface area (Å²) < 4.78 is 0. The van der Waals surface area contributed by atoms with Crippen molar-refractivity contribution in [2.75, 3.05) is 18.4 Å². The predicted molar refractivity (Wildman–Crippen MR) is 121 cm³/mol. The molecule has 3 heterocycles. The normalized spacial score (nSPS) is 14.0. The number of carbonyl (C=O) groups excluding carboxylic acids is 2. The first-order chi connectivity index (χ1) is 14.7. The van der Waals surface area contributed by atoms with E-state index in [-0.39, 0.29) is 18.2 Å². The van der Waals surface area contributed by atoms with Crippen LogP contribution < -0.4 is 10.6 Å². The molecule has 0 radical (unpaired) electrons. The second-order valence-electron chi connectivity index (χ2n) is 7.28. The van der Waals surface area contributed by atoms with Gasteiger partial charge in [0.05, 0.1) is 17.0 Å². The summed E-state index contributed by atoms with van der Waals surface area (Å²) in [5.41, 5.74) is 3.08. The molecule has 3 aromatic rings. The van der Waals surface area contributed by atoms with Crippen LogP contribution in [0.15, 0.2) is 47.2 Å². The standard InChI is InChI=1S/C22H24N4O2S2/c27-20(12-18-15-30-22(24-18)25-21(28)19-8-5-11-29-19)23-13-16-6-1-2-7-17(16)14-26-9-3-4-10-26/h1-2,5-8,11,15H,3-4,9-10,12-14H2,(H,23,27)(H,24,25,28). The van der Waals surface area contributed by atoms with Crippen LogP contribution in [0, 0.1) is 0 Å². The van der Waals surface area contributed by atoms with Crippen molar-refractivity contribution >= 4 is 39.6 Å². The van der Waals surface area contributed by atoms with Crippen LogP contribution in [0.1, 0.15) is 39.3 Å². The number of carbonyl (C=O) groups is 2. The monoisotopic (exact) mass is 440 g/mol. The van der Waals surface area contributed by atoms with Crippen molar-refractivity contribution in [3.63, 3.8) is 0 Å². The fourth-order valence-electron chi connectivity index (χ4n) is 3.50. The van der Waals surface area contributed by atoms with E-state index in [1.54, 1.807) is 6.07 Å². The molecule has 1 fully saturated rings. The van der Waals surface area contributed by atoms with Crippen molar-refractivity contribution in [2.24, 2.45) is 0 Å². The van der Waals surface area contributed by atoms with E-state index in [0.29, 0.717) is 22.2 Å². The van der Waals surface area contributed by atoms with Crippen molar-refractivity contribution in [3.05, 3.63) is 68.9 Å². The SMILES string of the molecule is O=C(Cc1csc(NC(=O)c2cccs2)n1)NCc1ccccc1CN1CCCC1. The van der Waals surface area contributed by atoms with Gasteiger partial charge in [-0.25, -0.2) is 4.98 Å². The molecule has 0 unspecified atom stereocenters. The zero-order chi connectivity index (χ0) is 20.8. The minimum absolute atomic E-state index is 0.0765. The molecule has 4 rings (SSSR count). The first-order valence-electron chi connectivity index (χ1n) is 10.0. The largest absolute Gasteiger partial charge is 0.352 e. The lowest BCUT2D eigenvalue weighted by Gasteiger charge is -2.17. The molecule has 2 N–H and O–H groups in total. The number of nitrogens with zero attached hydrogens (tertiary/aromatic N) is 2. The second kappa shape index (κ2) is 9.97. The third-order valence-electron chi connectivity index (χ3n) is 5.05. The van der Waals surface area contributed by atoms with E-state index >= 15 is 0 Å². The lowest BCUT2D eigenvalue weighted by atomic mass is 10.1. The molecule has 1 aliphatic rings. The second-order valence-corrected chi connectivity index (χ2v) is 9.09. The predicted octanol–water partition coefficient (Wildman–Crippen LogP) is 3.91. The average Bonchev–Trinajstić information content (AvgIpc) is 3.51. The molecule has 0 aliphatic carbocycles. The highest BCUT2D eigenvalue weighted by Crippen LogP contribution is 2.19. The van der Waals surface area contributed by atoms with E-state index in [0.717, 1.165) is 25.2 Å². The summed E-state index contributed by atoms with van der Waals surface area (Å²) in [6.45, 7) is 3.74. The number of aromatic nitrogens is 1. The van der Waals surface area contributed by atoms with Crippen LogP contribution in [0.5, 0.6) is 0 Å². The minimum Gasteiger partial charge on any atom is -0.352 e. The smallest absolute Gasteiger partial charge is 0.267 e. The van der Waals surface area contributed by atoms with Gasteiger partial charge >= 0.3 is 0 Å². The van der Waals surface area contributed by atoms with Crippen LogP contribution in [0.25, 0.3) is 0 Å². The third-order valence-corrected chi connectivity index (χ3v) is 6.72. The van der Waals surface area contributed by atoms with Gasteiger partial charge in [0.1, 0.15) is 0 Å². The lowest BCUT2D eigenvalue weighted by molar-refractivity contribution is -0.120. The molecule has 156 valence electrons. The number of rotatable bonds is 8. The molecule has 30 heavy (non-hydrogen) atoms. The Bertz CT molecular complexity index is 994. The summed E-state index contributed by atoms with van der Waals surface area (Å²) in [6, 6.07) is 11.9. The Kier molecular flexibility index (Phi) is 6.88. The number of hydrogen-bond donors (Lipinski definition) is 2. The Hall–Kier alpha value is -2.55. The number of amides is 2. The molecular weight excluding hydrogens is 416 g/mol. The van der Waals surface area contributed by atoms with E-state index in [1.165, 1.54) is 41.1 Å². The molecule has 0 bridgehead atoms. The molecule has 1 aromatic carbocycles. The number of nitrogens with one attached hydrogen (secondary N) is 2. The van der Waals surface area contributed by atoms with Crippen LogP contribution in [0.4, 0.5) is 5.13 Å². The molecule has 1 aliphatic heterocycles. The van der Waals surface area contributed by atoms with E-state index in [2.05, 4.69) is 38.7 Å². The van der Waals surface area contributed by atoms with Gasteiger partial charge in [-0.3, -0.25) is 19.8 Å². The molecule has 2 amide bonds. The fourth-order valence-corrected chi connectivity index (χ4v) is 4.82. The minimum atomic E-state index is -0.176. The van der Waals surface area contributed by atoms with Gasteiger partial charge in [-0.15, -0.1) is 22.7 Å². The zero-order valence-electron chi connectivity index (χ0n) is 16.6. The van der Waals surface area contributed by atoms with Crippen LogP contribution >= 0.6 is 22.7 Å². The van der Waals surface area contributed by atoms with Gasteiger partial charge in [-0.05, 0) is 48.5 Å². The quantitative estimate of drug-likeness (QED) is 0.557. The summed E-state index contributed by atoms with van der Waals surface area (Å²) in [7, 11) is 0. The number of benzene rings is 1. The van der Waals surface area contributed by atoms with Gasteiger partial charge in [0, 0.05) is 18.5 Å². The number of anilines is 1. The summed E-state index contributed by atoms with van der Waals surface area (Å²) in [5, 5.41) is 9.96. The van der Waals surface area contributed by atoms with Crippen molar-refractivity contribution in [1.82, 2.24) is 15.2 Å². The van der Waals surface area contributed by atoms with Crippen molar-refractivity contribution in [1.29, 1.82) is 0 Å². The Balaban J connectivity index is 1.28. The lowest BCUT2D eigenvalue weighted by Crippen LogP contribution is -2.26. The molecule has 0 saturated carbocycles. The van der Waals surface area contributed by atoms with Crippen molar-refractivity contribution in [3.8, 4) is 0 Å². The van der Waals surface area contributed by atoms with Gasteiger partial charge in [0.25, 0.3) is 5.91 Å².